The van der Waals surface area contributed by atoms with E-state index in [0.717, 1.165) is 18.5 Å². The van der Waals surface area contributed by atoms with Gasteiger partial charge in [0.15, 0.2) is 0 Å². The standard InChI is InChI=1S/C12H8Cl2FN/c13-9-5-11(6-1-2-6)16-12-8(9)3-7(15)4-10(12)14/h3-6H,1-2H2. The van der Waals surface area contributed by atoms with Gasteiger partial charge >= 0.3 is 0 Å². The zero-order valence-corrected chi connectivity index (χ0v) is 9.82. The quantitative estimate of drug-likeness (QED) is 0.728. The lowest BCUT2D eigenvalue weighted by Crippen LogP contribution is -1.90. The molecule has 2 aromatic rings. The lowest BCUT2D eigenvalue weighted by Gasteiger charge is -2.06. The molecule has 0 unspecified atom stereocenters. The number of aromatic nitrogens is 1. The first-order valence-electron chi connectivity index (χ1n) is 5.10. The molecule has 0 atom stereocenters. The van der Waals surface area contributed by atoms with Crippen molar-refractivity contribution in [3.8, 4) is 0 Å². The summed E-state index contributed by atoms with van der Waals surface area (Å²) in [5.41, 5.74) is 1.56. The first kappa shape index (κ1) is 10.3. The Kier molecular flexibility index (Phi) is 2.30. The molecule has 1 saturated carbocycles. The third kappa shape index (κ3) is 1.66. The van der Waals surface area contributed by atoms with Crippen LogP contribution in [0.15, 0.2) is 18.2 Å². The number of rotatable bonds is 1. The smallest absolute Gasteiger partial charge is 0.125 e. The van der Waals surface area contributed by atoms with Crippen LogP contribution in [0, 0.1) is 5.82 Å². The number of pyridine rings is 1. The summed E-state index contributed by atoms with van der Waals surface area (Å²) in [4.78, 5) is 4.46. The summed E-state index contributed by atoms with van der Waals surface area (Å²) in [6, 6.07) is 4.45. The van der Waals surface area contributed by atoms with Gasteiger partial charge in [0.1, 0.15) is 5.82 Å². The first-order chi connectivity index (χ1) is 7.65. The van der Waals surface area contributed by atoms with Crippen LogP contribution in [-0.4, -0.2) is 4.98 Å². The second kappa shape index (κ2) is 3.57. The van der Waals surface area contributed by atoms with E-state index >= 15 is 0 Å². The summed E-state index contributed by atoms with van der Waals surface area (Å²) in [5, 5.41) is 1.42. The van der Waals surface area contributed by atoms with Gasteiger partial charge in [0.2, 0.25) is 0 Å². The van der Waals surface area contributed by atoms with Crippen LogP contribution < -0.4 is 0 Å². The highest BCUT2D eigenvalue weighted by atomic mass is 35.5. The molecule has 16 heavy (non-hydrogen) atoms. The minimum atomic E-state index is -0.389. The van der Waals surface area contributed by atoms with E-state index in [0.29, 0.717) is 26.9 Å². The van der Waals surface area contributed by atoms with Gasteiger partial charge in [-0.15, -0.1) is 0 Å². The predicted octanol–water partition coefficient (Wildman–Crippen LogP) is 4.56. The van der Waals surface area contributed by atoms with Gasteiger partial charge in [-0.2, -0.15) is 0 Å². The van der Waals surface area contributed by atoms with E-state index in [-0.39, 0.29) is 5.82 Å². The average molecular weight is 256 g/mol. The van der Waals surface area contributed by atoms with Crippen LogP contribution in [0.2, 0.25) is 10.0 Å². The van der Waals surface area contributed by atoms with E-state index in [2.05, 4.69) is 4.98 Å². The number of fused-ring (bicyclic) bond motifs is 1. The minimum absolute atomic E-state index is 0.319. The van der Waals surface area contributed by atoms with E-state index in [1.165, 1.54) is 12.1 Å². The molecule has 1 aromatic heterocycles. The first-order valence-corrected chi connectivity index (χ1v) is 5.86. The fourth-order valence-corrected chi connectivity index (χ4v) is 2.32. The highest BCUT2D eigenvalue weighted by Gasteiger charge is 2.26. The molecule has 1 aromatic carbocycles. The van der Waals surface area contributed by atoms with Crippen molar-refractivity contribution in [1.29, 1.82) is 0 Å². The number of nitrogens with zero attached hydrogens (tertiary/aromatic N) is 1. The molecule has 0 bridgehead atoms. The molecule has 0 radical (unpaired) electrons. The normalized spacial score (nSPS) is 15.7. The Bertz CT molecular complexity index is 579. The molecular weight excluding hydrogens is 248 g/mol. The minimum Gasteiger partial charge on any atom is -0.251 e. The zero-order chi connectivity index (χ0) is 11.3. The van der Waals surface area contributed by atoms with E-state index < -0.39 is 0 Å². The molecule has 4 heteroatoms. The van der Waals surface area contributed by atoms with Crippen LogP contribution in [0.5, 0.6) is 0 Å². The van der Waals surface area contributed by atoms with Crippen LogP contribution in [0.1, 0.15) is 24.5 Å². The van der Waals surface area contributed by atoms with Crippen molar-refractivity contribution >= 4 is 34.1 Å². The van der Waals surface area contributed by atoms with Crippen molar-refractivity contribution in [2.45, 2.75) is 18.8 Å². The Morgan fingerprint density at radius 2 is 1.88 bits per heavy atom. The van der Waals surface area contributed by atoms with Crippen molar-refractivity contribution in [2.24, 2.45) is 0 Å². The predicted molar refractivity (Wildman–Crippen MR) is 63.7 cm³/mol. The summed E-state index contributed by atoms with van der Waals surface area (Å²) in [6.45, 7) is 0. The molecular formula is C12H8Cl2FN. The van der Waals surface area contributed by atoms with Crippen LogP contribution in [0.3, 0.4) is 0 Å². The number of benzene rings is 1. The maximum Gasteiger partial charge on any atom is 0.125 e. The maximum absolute atomic E-state index is 13.2. The van der Waals surface area contributed by atoms with E-state index in [4.69, 9.17) is 23.2 Å². The largest absolute Gasteiger partial charge is 0.251 e. The molecule has 0 aliphatic heterocycles. The summed E-state index contributed by atoms with van der Waals surface area (Å²) < 4.78 is 13.2. The monoisotopic (exact) mass is 255 g/mol. The number of halogens is 3. The Morgan fingerprint density at radius 1 is 1.12 bits per heavy atom. The van der Waals surface area contributed by atoms with Crippen LogP contribution in [0.25, 0.3) is 10.9 Å². The molecule has 0 spiro atoms. The third-order valence-corrected chi connectivity index (χ3v) is 3.40. The van der Waals surface area contributed by atoms with Gasteiger partial charge in [0, 0.05) is 17.0 Å². The second-order valence-electron chi connectivity index (χ2n) is 4.09. The Balaban J connectivity index is 2.32. The van der Waals surface area contributed by atoms with Gasteiger partial charge in [-0.25, -0.2) is 4.39 Å². The van der Waals surface area contributed by atoms with Crippen LogP contribution >= 0.6 is 23.2 Å². The molecule has 1 aliphatic rings. The van der Waals surface area contributed by atoms with Gasteiger partial charge in [-0.05, 0) is 31.0 Å². The Morgan fingerprint density at radius 3 is 2.56 bits per heavy atom. The van der Waals surface area contributed by atoms with E-state index in [9.17, 15) is 4.39 Å². The topological polar surface area (TPSA) is 12.9 Å². The second-order valence-corrected chi connectivity index (χ2v) is 4.90. The molecule has 1 fully saturated rings. The SMILES string of the molecule is Fc1cc(Cl)c2nc(C3CC3)cc(Cl)c2c1. The highest BCUT2D eigenvalue weighted by molar-refractivity contribution is 6.39. The van der Waals surface area contributed by atoms with Gasteiger partial charge in [-0.3, -0.25) is 4.98 Å². The molecule has 3 rings (SSSR count). The van der Waals surface area contributed by atoms with Crippen molar-refractivity contribution in [2.75, 3.05) is 0 Å². The zero-order valence-electron chi connectivity index (χ0n) is 8.30. The summed E-state index contributed by atoms with van der Waals surface area (Å²) in [5.74, 6) is 0.114. The summed E-state index contributed by atoms with van der Waals surface area (Å²) in [7, 11) is 0. The van der Waals surface area contributed by atoms with Crippen molar-refractivity contribution in [3.63, 3.8) is 0 Å². The van der Waals surface area contributed by atoms with Crippen LogP contribution in [-0.2, 0) is 0 Å². The fourth-order valence-electron chi connectivity index (χ4n) is 1.82. The summed E-state index contributed by atoms with van der Waals surface area (Å²) in [6.07, 6.45) is 2.29. The van der Waals surface area contributed by atoms with Crippen molar-refractivity contribution < 1.29 is 4.39 Å². The third-order valence-electron chi connectivity index (χ3n) is 2.80. The van der Waals surface area contributed by atoms with Gasteiger partial charge < -0.3 is 0 Å². The molecule has 0 amide bonds. The lowest BCUT2D eigenvalue weighted by atomic mass is 10.1. The van der Waals surface area contributed by atoms with E-state index in [1.807, 2.05) is 6.07 Å². The number of hydrogen-bond donors (Lipinski definition) is 0. The lowest BCUT2D eigenvalue weighted by molar-refractivity contribution is 0.629. The average Bonchev–Trinajstić information content (AvgIpc) is 3.02. The molecule has 1 aliphatic carbocycles. The van der Waals surface area contributed by atoms with Crippen molar-refractivity contribution in [1.82, 2.24) is 4.98 Å². The fraction of sp³-hybridized carbons (Fsp3) is 0.250. The highest BCUT2D eigenvalue weighted by Crippen LogP contribution is 2.41. The molecule has 82 valence electrons. The van der Waals surface area contributed by atoms with E-state index in [1.54, 1.807) is 0 Å². The van der Waals surface area contributed by atoms with Crippen molar-refractivity contribution in [3.05, 3.63) is 39.8 Å². The molecule has 0 N–H and O–H groups in total. The maximum atomic E-state index is 13.2. The Labute approximate surface area is 102 Å². The molecule has 0 saturated heterocycles. The molecule has 1 heterocycles. The van der Waals surface area contributed by atoms with Gasteiger partial charge in [0.05, 0.1) is 15.6 Å². The number of hydrogen-bond acceptors (Lipinski definition) is 1. The van der Waals surface area contributed by atoms with Gasteiger partial charge in [0.25, 0.3) is 0 Å². The van der Waals surface area contributed by atoms with Gasteiger partial charge in [-0.1, -0.05) is 23.2 Å². The van der Waals surface area contributed by atoms with Crippen LogP contribution in [0.4, 0.5) is 4.39 Å². The molecule has 1 nitrogen and oxygen atoms in total. The Hall–Kier alpha value is -0.860. The summed E-state index contributed by atoms with van der Waals surface area (Å²) >= 11 is 12.1.